The minimum atomic E-state index is -0.165. The number of carbonyl (C=O) groups is 1. The summed E-state index contributed by atoms with van der Waals surface area (Å²) in [7, 11) is 0. The lowest BCUT2D eigenvalue weighted by molar-refractivity contribution is -0.113. The fraction of sp³-hybridized carbons (Fsp3) is 0.154. The van der Waals surface area contributed by atoms with E-state index in [1.54, 1.807) is 10.6 Å². The summed E-state index contributed by atoms with van der Waals surface area (Å²) in [6, 6.07) is 20.8. The molecule has 5 rings (SSSR count). The van der Waals surface area contributed by atoms with E-state index < -0.39 is 0 Å². The smallest absolute Gasteiger partial charge is 0.267 e. The molecule has 0 aliphatic heterocycles. The van der Waals surface area contributed by atoms with Crippen LogP contribution in [0.1, 0.15) is 16.7 Å². The molecule has 0 spiro atoms. The maximum atomic E-state index is 13.3. The van der Waals surface area contributed by atoms with Gasteiger partial charge in [0.1, 0.15) is 0 Å². The van der Waals surface area contributed by atoms with Crippen molar-refractivity contribution in [3.63, 3.8) is 0 Å². The normalized spacial score (nSPS) is 11.3. The average Bonchev–Trinajstić information content (AvgIpc) is 3.25. The summed E-state index contributed by atoms with van der Waals surface area (Å²) in [6.45, 7) is 6.02. The summed E-state index contributed by atoms with van der Waals surface area (Å²) in [5.74, 6) is 0.437. The molecule has 0 aliphatic rings. The summed E-state index contributed by atoms with van der Waals surface area (Å²) < 4.78 is 3.39. The van der Waals surface area contributed by atoms with Gasteiger partial charge in [-0.15, -0.1) is 10.2 Å². The lowest BCUT2D eigenvalue weighted by atomic mass is 10.1. The Morgan fingerprint density at radius 1 is 0.941 bits per heavy atom. The molecule has 0 aliphatic carbocycles. The van der Waals surface area contributed by atoms with E-state index in [1.807, 2.05) is 73.7 Å². The van der Waals surface area contributed by atoms with Crippen molar-refractivity contribution in [3.8, 4) is 5.69 Å². The van der Waals surface area contributed by atoms with Crippen LogP contribution in [0, 0.1) is 20.8 Å². The van der Waals surface area contributed by atoms with Crippen molar-refractivity contribution in [1.82, 2.24) is 19.2 Å². The monoisotopic (exact) mass is 469 g/mol. The van der Waals surface area contributed by atoms with Gasteiger partial charge in [-0.1, -0.05) is 59.8 Å². The average molecular weight is 470 g/mol. The van der Waals surface area contributed by atoms with Gasteiger partial charge in [0.05, 0.1) is 22.3 Å². The molecule has 1 amide bonds. The topological polar surface area (TPSA) is 81.3 Å². The van der Waals surface area contributed by atoms with Gasteiger partial charge < -0.3 is 5.32 Å². The molecule has 8 heteroatoms. The first kappa shape index (κ1) is 21.9. The van der Waals surface area contributed by atoms with Crippen LogP contribution >= 0.6 is 11.8 Å². The van der Waals surface area contributed by atoms with Crippen molar-refractivity contribution in [2.24, 2.45) is 0 Å². The summed E-state index contributed by atoms with van der Waals surface area (Å²) in [5.41, 5.74) is 5.30. The fourth-order valence-corrected chi connectivity index (χ4v) is 5.00. The van der Waals surface area contributed by atoms with Crippen molar-refractivity contribution in [2.75, 3.05) is 11.1 Å². The number of thioether (sulfide) groups is 1. The largest absolute Gasteiger partial charge is 0.325 e. The standard InChI is InChI=1S/C26H23N5O2S/c1-16-13-17(2)23(18(3)14-16)27-22(32)15-34-26-29-28-25-30(19-9-5-4-6-10-19)24(33)20-11-7-8-12-21(20)31(25)26/h4-14H,15H2,1-3H3,(H,27,32). The number of nitrogens with one attached hydrogen (secondary N) is 1. The Labute approximate surface area is 200 Å². The number of aryl methyl sites for hydroxylation is 3. The second-order valence-corrected chi connectivity index (χ2v) is 9.16. The van der Waals surface area contributed by atoms with Crippen molar-refractivity contribution < 1.29 is 4.79 Å². The van der Waals surface area contributed by atoms with Gasteiger partial charge in [0, 0.05) is 5.69 Å². The maximum absolute atomic E-state index is 13.3. The highest BCUT2D eigenvalue weighted by Crippen LogP contribution is 2.25. The number of carbonyl (C=O) groups excluding carboxylic acids is 1. The molecule has 170 valence electrons. The highest BCUT2D eigenvalue weighted by molar-refractivity contribution is 7.99. The molecule has 34 heavy (non-hydrogen) atoms. The number of fused-ring (bicyclic) bond motifs is 3. The molecule has 1 N–H and O–H groups in total. The van der Waals surface area contributed by atoms with E-state index in [-0.39, 0.29) is 17.2 Å². The Kier molecular flexibility index (Phi) is 5.67. The van der Waals surface area contributed by atoms with Gasteiger partial charge in [0.15, 0.2) is 5.16 Å². The minimum Gasteiger partial charge on any atom is -0.325 e. The van der Waals surface area contributed by atoms with Crippen LogP contribution in [0.25, 0.3) is 22.4 Å². The predicted octanol–water partition coefficient (Wildman–Crippen LogP) is 4.69. The highest BCUT2D eigenvalue weighted by Gasteiger charge is 2.19. The van der Waals surface area contributed by atoms with Crippen LogP contribution < -0.4 is 10.9 Å². The summed E-state index contributed by atoms with van der Waals surface area (Å²) in [4.78, 5) is 26.1. The predicted molar refractivity (Wildman–Crippen MR) is 136 cm³/mol. The van der Waals surface area contributed by atoms with Gasteiger partial charge in [-0.3, -0.25) is 14.0 Å². The van der Waals surface area contributed by atoms with Crippen LogP contribution in [0.2, 0.25) is 0 Å². The van der Waals surface area contributed by atoms with E-state index in [4.69, 9.17) is 0 Å². The third kappa shape index (κ3) is 3.86. The van der Waals surface area contributed by atoms with E-state index in [1.165, 1.54) is 11.8 Å². The molecule has 2 heterocycles. The SMILES string of the molecule is Cc1cc(C)c(NC(=O)CSc2nnc3n(-c4ccccc4)c(=O)c4ccccc4n23)c(C)c1. The molecule has 0 saturated heterocycles. The van der Waals surface area contributed by atoms with E-state index in [9.17, 15) is 9.59 Å². The number of rotatable bonds is 5. The summed E-state index contributed by atoms with van der Waals surface area (Å²) in [5, 5.41) is 12.8. The summed E-state index contributed by atoms with van der Waals surface area (Å²) in [6.07, 6.45) is 0. The molecular formula is C26H23N5O2S. The number of benzene rings is 3. The van der Waals surface area contributed by atoms with Crippen molar-refractivity contribution >= 4 is 40.0 Å². The third-order valence-electron chi connectivity index (χ3n) is 5.68. The van der Waals surface area contributed by atoms with Crippen molar-refractivity contribution in [2.45, 2.75) is 25.9 Å². The Morgan fingerprint density at radius 2 is 1.62 bits per heavy atom. The van der Waals surface area contributed by atoms with Crippen LogP contribution in [0.3, 0.4) is 0 Å². The molecule has 0 bridgehead atoms. The highest BCUT2D eigenvalue weighted by atomic mass is 32.2. The zero-order chi connectivity index (χ0) is 23.8. The van der Waals surface area contributed by atoms with Gasteiger partial charge in [-0.05, 0) is 56.2 Å². The number of aromatic nitrogens is 4. The molecular weight excluding hydrogens is 446 g/mol. The van der Waals surface area contributed by atoms with Gasteiger partial charge in [0.2, 0.25) is 11.7 Å². The zero-order valence-corrected chi connectivity index (χ0v) is 19.9. The first-order valence-electron chi connectivity index (χ1n) is 10.9. The van der Waals surface area contributed by atoms with E-state index in [0.717, 1.165) is 22.4 Å². The van der Waals surface area contributed by atoms with E-state index in [2.05, 4.69) is 27.6 Å². The number of nitrogens with zero attached hydrogens (tertiary/aromatic N) is 4. The zero-order valence-electron chi connectivity index (χ0n) is 19.1. The maximum Gasteiger partial charge on any atom is 0.267 e. The first-order valence-corrected chi connectivity index (χ1v) is 11.9. The second kappa shape index (κ2) is 8.79. The van der Waals surface area contributed by atoms with Crippen LogP contribution in [-0.2, 0) is 4.79 Å². The number of para-hydroxylation sites is 2. The van der Waals surface area contributed by atoms with Crippen LogP contribution in [-0.4, -0.2) is 30.8 Å². The minimum absolute atomic E-state index is 0.127. The Bertz CT molecular complexity index is 1580. The molecule has 2 aromatic heterocycles. The lowest BCUT2D eigenvalue weighted by Gasteiger charge is -2.13. The molecule has 0 saturated carbocycles. The molecule has 0 radical (unpaired) electrons. The van der Waals surface area contributed by atoms with Crippen LogP contribution in [0.15, 0.2) is 76.7 Å². The number of hydrogen-bond acceptors (Lipinski definition) is 5. The fourth-order valence-electron chi connectivity index (χ4n) is 4.26. The third-order valence-corrected chi connectivity index (χ3v) is 6.61. The summed E-state index contributed by atoms with van der Waals surface area (Å²) >= 11 is 1.29. The van der Waals surface area contributed by atoms with Crippen molar-refractivity contribution in [1.29, 1.82) is 0 Å². The molecule has 5 aromatic rings. The Morgan fingerprint density at radius 3 is 2.35 bits per heavy atom. The Balaban J connectivity index is 1.53. The molecule has 7 nitrogen and oxygen atoms in total. The van der Waals surface area contributed by atoms with Crippen LogP contribution in [0.4, 0.5) is 5.69 Å². The van der Waals surface area contributed by atoms with Crippen molar-refractivity contribution in [3.05, 3.63) is 93.8 Å². The molecule has 0 fully saturated rings. The second-order valence-electron chi connectivity index (χ2n) is 8.22. The van der Waals surface area contributed by atoms with Gasteiger partial charge in [-0.2, -0.15) is 0 Å². The number of anilines is 1. The first-order chi connectivity index (χ1) is 16.4. The van der Waals surface area contributed by atoms with E-state index in [0.29, 0.717) is 27.5 Å². The van der Waals surface area contributed by atoms with Gasteiger partial charge in [0.25, 0.3) is 5.56 Å². The quantitative estimate of drug-likeness (QED) is 0.378. The van der Waals surface area contributed by atoms with Crippen LogP contribution in [0.5, 0.6) is 0 Å². The van der Waals surface area contributed by atoms with E-state index >= 15 is 0 Å². The molecule has 0 atom stereocenters. The molecule has 3 aromatic carbocycles. The number of amides is 1. The lowest BCUT2D eigenvalue weighted by Crippen LogP contribution is -2.22. The Hall–Kier alpha value is -3.91. The van der Waals surface area contributed by atoms with Gasteiger partial charge >= 0.3 is 0 Å². The number of hydrogen-bond donors (Lipinski definition) is 1. The molecule has 0 unspecified atom stereocenters. The van der Waals surface area contributed by atoms with Gasteiger partial charge in [-0.25, -0.2) is 4.57 Å².